The fourth-order valence-electron chi connectivity index (χ4n) is 1.08. The van der Waals surface area contributed by atoms with E-state index in [1.807, 2.05) is 0 Å². The first kappa shape index (κ1) is 13.5. The summed E-state index contributed by atoms with van der Waals surface area (Å²) in [6, 6.07) is 5.61. The fourth-order valence-corrected chi connectivity index (χ4v) is 1.60. The molecule has 0 spiro atoms. The van der Waals surface area contributed by atoms with Gasteiger partial charge in [-0.1, -0.05) is 0 Å². The number of nitrogens with two attached hydrogens (primary N) is 1. The van der Waals surface area contributed by atoms with Gasteiger partial charge in [-0.2, -0.15) is 0 Å². The normalized spacial score (nSPS) is 10.9. The van der Waals surface area contributed by atoms with Crippen LogP contribution >= 0.6 is 0 Å². The van der Waals surface area contributed by atoms with Crippen LogP contribution in [0.15, 0.2) is 29.2 Å². The Morgan fingerprint density at radius 1 is 1.29 bits per heavy atom. The number of esters is 1. The number of benzene rings is 1. The molecular weight excluding hydrogens is 246 g/mol. The van der Waals surface area contributed by atoms with E-state index in [0.717, 1.165) is 0 Å². The second-order valence-corrected chi connectivity index (χ2v) is 4.75. The van der Waals surface area contributed by atoms with Gasteiger partial charge in [0.25, 0.3) is 0 Å². The number of rotatable bonds is 5. The van der Waals surface area contributed by atoms with E-state index < -0.39 is 10.0 Å². The summed E-state index contributed by atoms with van der Waals surface area (Å²) in [6.45, 7) is 0.168. The third kappa shape index (κ3) is 4.41. The fraction of sp³-hybridized carbons (Fsp3) is 0.300. The molecule has 1 aromatic carbocycles. The van der Waals surface area contributed by atoms with Crippen molar-refractivity contribution >= 4 is 16.0 Å². The Bertz CT molecular complexity index is 480. The number of hydrogen-bond acceptors (Lipinski definition) is 5. The van der Waals surface area contributed by atoms with Crippen LogP contribution in [0.4, 0.5) is 0 Å². The van der Waals surface area contributed by atoms with E-state index in [0.29, 0.717) is 5.75 Å². The minimum absolute atomic E-state index is 0.0119. The van der Waals surface area contributed by atoms with Crippen LogP contribution < -0.4 is 9.88 Å². The van der Waals surface area contributed by atoms with Crippen LogP contribution in [0.1, 0.15) is 6.42 Å². The van der Waals surface area contributed by atoms with Crippen LogP contribution in [0.3, 0.4) is 0 Å². The second-order valence-electron chi connectivity index (χ2n) is 3.19. The van der Waals surface area contributed by atoms with Crippen LogP contribution in [-0.4, -0.2) is 28.1 Å². The van der Waals surface area contributed by atoms with Crippen molar-refractivity contribution in [2.75, 3.05) is 13.7 Å². The molecule has 0 atom stereocenters. The van der Waals surface area contributed by atoms with Crippen molar-refractivity contribution in [3.05, 3.63) is 24.3 Å². The molecule has 17 heavy (non-hydrogen) atoms. The third-order valence-corrected chi connectivity index (χ3v) is 2.88. The molecule has 0 aliphatic rings. The number of primary sulfonamides is 1. The SMILES string of the molecule is COC(=O)CCOc1ccc(S(N)(=O)=O)cc1. The summed E-state index contributed by atoms with van der Waals surface area (Å²) in [5, 5.41) is 4.93. The lowest BCUT2D eigenvalue weighted by Crippen LogP contribution is -2.12. The van der Waals surface area contributed by atoms with Crippen molar-refractivity contribution in [3.8, 4) is 5.75 Å². The molecule has 0 aromatic heterocycles. The predicted molar refractivity (Wildman–Crippen MR) is 59.9 cm³/mol. The standard InChI is InChI=1S/C10H13NO5S/c1-15-10(12)6-7-16-8-2-4-9(5-3-8)17(11,13)14/h2-5H,6-7H2,1H3,(H2,11,13,14). The zero-order chi connectivity index (χ0) is 12.9. The quantitative estimate of drug-likeness (QED) is 0.766. The van der Waals surface area contributed by atoms with Crippen molar-refractivity contribution in [2.24, 2.45) is 5.14 Å². The third-order valence-electron chi connectivity index (χ3n) is 1.95. The number of hydrogen-bond donors (Lipinski definition) is 1. The van der Waals surface area contributed by atoms with Crippen molar-refractivity contribution in [1.29, 1.82) is 0 Å². The Hall–Kier alpha value is -1.60. The maximum Gasteiger partial charge on any atom is 0.308 e. The smallest absolute Gasteiger partial charge is 0.308 e. The number of carbonyl (C=O) groups excluding carboxylic acids is 1. The highest BCUT2D eigenvalue weighted by atomic mass is 32.2. The summed E-state index contributed by atoms with van der Waals surface area (Å²) >= 11 is 0. The molecule has 1 aromatic rings. The monoisotopic (exact) mass is 259 g/mol. The van der Waals surface area contributed by atoms with Crippen molar-refractivity contribution in [3.63, 3.8) is 0 Å². The Balaban J connectivity index is 2.55. The molecular formula is C10H13NO5S. The van der Waals surface area contributed by atoms with Crippen LogP contribution in [0, 0.1) is 0 Å². The van der Waals surface area contributed by atoms with E-state index in [2.05, 4.69) is 4.74 Å². The molecule has 0 unspecified atom stereocenters. The molecule has 0 saturated heterocycles. The van der Waals surface area contributed by atoms with Gasteiger partial charge in [-0.15, -0.1) is 0 Å². The number of sulfonamides is 1. The zero-order valence-electron chi connectivity index (χ0n) is 9.25. The minimum Gasteiger partial charge on any atom is -0.493 e. The topological polar surface area (TPSA) is 95.7 Å². The number of carbonyl (C=O) groups is 1. The summed E-state index contributed by atoms with van der Waals surface area (Å²) in [6.07, 6.45) is 0.132. The summed E-state index contributed by atoms with van der Waals surface area (Å²) in [5.41, 5.74) is 0. The van der Waals surface area contributed by atoms with Gasteiger partial charge in [-0.3, -0.25) is 4.79 Å². The molecule has 0 aliphatic heterocycles. The van der Waals surface area contributed by atoms with Gasteiger partial charge in [-0.05, 0) is 24.3 Å². The summed E-state index contributed by atoms with van der Waals surface area (Å²) in [5.74, 6) is 0.0902. The lowest BCUT2D eigenvalue weighted by Gasteiger charge is -2.05. The Morgan fingerprint density at radius 3 is 2.35 bits per heavy atom. The predicted octanol–water partition coefficient (Wildman–Crippen LogP) is 0.276. The van der Waals surface area contributed by atoms with Gasteiger partial charge < -0.3 is 9.47 Å². The van der Waals surface area contributed by atoms with Crippen molar-refractivity contribution < 1.29 is 22.7 Å². The molecule has 6 nitrogen and oxygen atoms in total. The minimum atomic E-state index is -3.69. The van der Waals surface area contributed by atoms with Gasteiger partial charge in [-0.25, -0.2) is 13.6 Å². The van der Waals surface area contributed by atoms with Crippen LogP contribution in [0.5, 0.6) is 5.75 Å². The van der Waals surface area contributed by atoms with E-state index >= 15 is 0 Å². The Morgan fingerprint density at radius 2 is 1.88 bits per heavy atom. The molecule has 0 saturated carbocycles. The molecule has 0 bridgehead atoms. The van der Waals surface area contributed by atoms with Gasteiger partial charge in [0, 0.05) is 0 Å². The number of methoxy groups -OCH3 is 1. The molecule has 0 fully saturated rings. The van der Waals surface area contributed by atoms with Crippen LogP contribution in [0.2, 0.25) is 0 Å². The highest BCUT2D eigenvalue weighted by Gasteiger charge is 2.07. The maximum atomic E-state index is 11.0. The highest BCUT2D eigenvalue weighted by molar-refractivity contribution is 7.89. The molecule has 7 heteroatoms. The lowest BCUT2D eigenvalue weighted by molar-refractivity contribution is -0.141. The van der Waals surface area contributed by atoms with E-state index in [-0.39, 0.29) is 23.9 Å². The lowest BCUT2D eigenvalue weighted by atomic mass is 10.3. The maximum absolute atomic E-state index is 11.0. The summed E-state index contributed by atoms with van der Waals surface area (Å²) in [4.78, 5) is 10.8. The zero-order valence-corrected chi connectivity index (χ0v) is 10.1. The van der Waals surface area contributed by atoms with Crippen LogP contribution in [0.25, 0.3) is 0 Å². The van der Waals surface area contributed by atoms with Gasteiger partial charge in [0.2, 0.25) is 10.0 Å². The van der Waals surface area contributed by atoms with Gasteiger partial charge in [0.05, 0.1) is 25.0 Å². The molecule has 0 amide bonds. The average molecular weight is 259 g/mol. The van der Waals surface area contributed by atoms with E-state index in [1.165, 1.54) is 31.4 Å². The first-order chi connectivity index (χ1) is 7.93. The number of ether oxygens (including phenoxy) is 2. The van der Waals surface area contributed by atoms with Gasteiger partial charge in [0.1, 0.15) is 5.75 Å². The van der Waals surface area contributed by atoms with Crippen LogP contribution in [-0.2, 0) is 19.6 Å². The van der Waals surface area contributed by atoms with E-state index in [1.54, 1.807) is 0 Å². The Labute approximate surface area is 99.4 Å². The first-order valence-corrected chi connectivity index (χ1v) is 6.30. The highest BCUT2D eigenvalue weighted by Crippen LogP contribution is 2.14. The molecule has 0 radical (unpaired) electrons. The molecule has 0 aliphatic carbocycles. The van der Waals surface area contributed by atoms with Gasteiger partial charge >= 0.3 is 5.97 Å². The first-order valence-electron chi connectivity index (χ1n) is 4.76. The molecule has 2 N–H and O–H groups in total. The van der Waals surface area contributed by atoms with Crippen molar-refractivity contribution in [1.82, 2.24) is 0 Å². The second kappa shape index (κ2) is 5.65. The molecule has 1 rings (SSSR count). The summed E-state index contributed by atoms with van der Waals surface area (Å²) < 4.78 is 31.6. The largest absolute Gasteiger partial charge is 0.493 e. The summed E-state index contributed by atoms with van der Waals surface area (Å²) in [7, 11) is -2.39. The van der Waals surface area contributed by atoms with Crippen molar-refractivity contribution in [2.45, 2.75) is 11.3 Å². The van der Waals surface area contributed by atoms with E-state index in [9.17, 15) is 13.2 Å². The molecule has 94 valence electrons. The van der Waals surface area contributed by atoms with E-state index in [4.69, 9.17) is 9.88 Å². The average Bonchev–Trinajstić information content (AvgIpc) is 2.28. The Kier molecular flexibility index (Phi) is 4.47. The van der Waals surface area contributed by atoms with Gasteiger partial charge in [0.15, 0.2) is 0 Å². The molecule has 0 heterocycles.